The molecule has 2 aromatic rings. The summed E-state index contributed by atoms with van der Waals surface area (Å²) >= 11 is 0. The Bertz CT molecular complexity index is 1330. The van der Waals surface area contributed by atoms with Crippen LogP contribution in [0.3, 0.4) is 0 Å². The molecule has 2 bridgehead atoms. The first-order chi connectivity index (χ1) is 19.4. The quantitative estimate of drug-likeness (QED) is 0.529. The molecule has 5 rings (SSSR count). The molecule has 1 aliphatic carbocycles. The van der Waals surface area contributed by atoms with E-state index in [9.17, 15) is 14.4 Å². The van der Waals surface area contributed by atoms with Crippen molar-refractivity contribution in [1.29, 1.82) is 0 Å². The molecule has 0 spiro atoms. The number of aryl methyl sites for hydroxylation is 1. The Morgan fingerprint density at radius 1 is 1.15 bits per heavy atom. The fourth-order valence-corrected chi connectivity index (χ4v) is 6.14. The Kier molecular flexibility index (Phi) is 7.87. The van der Waals surface area contributed by atoms with Crippen LogP contribution in [-0.2, 0) is 20.7 Å². The molecular weight excluding hydrogens is 524 g/mol. The minimum Gasteiger partial charge on any atom is -0.497 e. The highest BCUT2D eigenvalue weighted by Gasteiger charge is 2.54. The first-order valence-corrected chi connectivity index (χ1v) is 14.7. The summed E-state index contributed by atoms with van der Waals surface area (Å²) in [6.45, 7) is 9.71. The molecule has 1 saturated carbocycles. The van der Waals surface area contributed by atoms with E-state index in [4.69, 9.17) is 24.2 Å². The van der Waals surface area contributed by atoms with Gasteiger partial charge in [-0.3, -0.25) is 4.79 Å². The van der Waals surface area contributed by atoms with Crippen LogP contribution in [0.5, 0.6) is 11.6 Å². The minimum absolute atomic E-state index is 0.184. The van der Waals surface area contributed by atoms with Crippen molar-refractivity contribution in [3.8, 4) is 11.6 Å². The number of alkyl carbamates (subject to hydrolysis) is 1. The fraction of sp³-hybridized carbons (Fsp3) is 0.645. The molecule has 2 fully saturated rings. The maximum atomic E-state index is 14.0. The zero-order valence-electron chi connectivity index (χ0n) is 24.9. The molecule has 3 heterocycles. The molecule has 1 saturated heterocycles. The lowest BCUT2D eigenvalue weighted by atomic mass is 9.85. The van der Waals surface area contributed by atoms with Gasteiger partial charge in [0.15, 0.2) is 0 Å². The van der Waals surface area contributed by atoms with Crippen molar-refractivity contribution in [2.75, 3.05) is 13.7 Å². The van der Waals surface area contributed by atoms with Gasteiger partial charge in [-0.15, -0.1) is 0 Å². The van der Waals surface area contributed by atoms with E-state index in [0.29, 0.717) is 29.5 Å². The van der Waals surface area contributed by atoms with Crippen molar-refractivity contribution in [1.82, 2.24) is 20.2 Å². The summed E-state index contributed by atoms with van der Waals surface area (Å²) in [5, 5.41) is 2.84. The first-order valence-electron chi connectivity index (χ1n) is 14.7. The molecule has 222 valence electrons. The van der Waals surface area contributed by atoms with E-state index in [0.717, 1.165) is 49.6 Å². The summed E-state index contributed by atoms with van der Waals surface area (Å²) in [6.07, 6.45) is 5.10. The Hall–Kier alpha value is -3.43. The van der Waals surface area contributed by atoms with Gasteiger partial charge in [0.05, 0.1) is 30.7 Å². The molecule has 2 amide bonds. The molecule has 1 aromatic carbocycles. The van der Waals surface area contributed by atoms with Gasteiger partial charge in [0, 0.05) is 17.9 Å². The average molecular weight is 567 g/mol. The number of aromatic nitrogens is 2. The highest BCUT2D eigenvalue weighted by Crippen LogP contribution is 2.49. The molecular formula is C31H42N4O6. The lowest BCUT2D eigenvalue weighted by Crippen LogP contribution is -2.56. The molecule has 1 N–H and O–H groups in total. The van der Waals surface area contributed by atoms with Crippen LogP contribution in [-0.4, -0.2) is 70.6 Å². The number of hydrogen-bond donors (Lipinski definition) is 1. The number of carbonyl (C=O) groups is 3. The van der Waals surface area contributed by atoms with Crippen LogP contribution in [0, 0.1) is 17.3 Å². The molecule has 3 aliphatic rings. The van der Waals surface area contributed by atoms with Crippen molar-refractivity contribution in [2.45, 2.75) is 96.9 Å². The van der Waals surface area contributed by atoms with Crippen molar-refractivity contribution < 1.29 is 28.6 Å². The van der Waals surface area contributed by atoms with E-state index >= 15 is 0 Å². The van der Waals surface area contributed by atoms with Gasteiger partial charge in [0.25, 0.3) is 0 Å². The predicted octanol–water partition coefficient (Wildman–Crippen LogP) is 4.47. The van der Waals surface area contributed by atoms with Gasteiger partial charge >= 0.3 is 6.09 Å². The van der Waals surface area contributed by atoms with Gasteiger partial charge in [-0.25, -0.2) is 14.8 Å². The first kappa shape index (κ1) is 29.1. The Morgan fingerprint density at radius 2 is 1.93 bits per heavy atom. The number of methoxy groups -OCH3 is 1. The van der Waals surface area contributed by atoms with Crippen LogP contribution >= 0.6 is 0 Å². The lowest BCUT2D eigenvalue weighted by molar-refractivity contribution is -0.139. The Labute approximate surface area is 241 Å². The maximum absolute atomic E-state index is 14.0. The summed E-state index contributed by atoms with van der Waals surface area (Å²) < 4.78 is 17.7. The van der Waals surface area contributed by atoms with Crippen LogP contribution in [0.1, 0.15) is 72.4 Å². The minimum atomic E-state index is -0.883. The van der Waals surface area contributed by atoms with Crippen molar-refractivity contribution in [3.05, 3.63) is 23.9 Å². The molecule has 2 aliphatic heterocycles. The molecule has 0 radical (unpaired) electrons. The summed E-state index contributed by atoms with van der Waals surface area (Å²) in [6, 6.07) is 3.99. The van der Waals surface area contributed by atoms with Crippen LogP contribution < -0.4 is 14.8 Å². The summed E-state index contributed by atoms with van der Waals surface area (Å²) in [5.41, 5.74) is 1.03. The molecule has 10 nitrogen and oxygen atoms in total. The number of amides is 2. The third kappa shape index (κ3) is 5.97. The normalized spacial score (nSPS) is 31.1. The highest BCUT2D eigenvalue weighted by atomic mass is 16.6. The smallest absolute Gasteiger partial charge is 0.408 e. The fourth-order valence-electron chi connectivity index (χ4n) is 6.14. The Morgan fingerprint density at radius 3 is 2.63 bits per heavy atom. The van der Waals surface area contributed by atoms with Gasteiger partial charge in [-0.05, 0) is 50.2 Å². The van der Waals surface area contributed by atoms with Crippen LogP contribution in [0.25, 0.3) is 11.0 Å². The van der Waals surface area contributed by atoms with E-state index < -0.39 is 35.3 Å². The van der Waals surface area contributed by atoms with Gasteiger partial charge in [0.2, 0.25) is 11.8 Å². The second-order valence-corrected chi connectivity index (χ2v) is 13.1. The number of fused-ring (bicyclic) bond motifs is 5. The zero-order chi connectivity index (χ0) is 29.5. The number of nitrogens with zero attached hydrogens (tertiary/aromatic N) is 3. The van der Waals surface area contributed by atoms with Crippen molar-refractivity contribution >= 4 is 29.3 Å². The highest BCUT2D eigenvalue weighted by molar-refractivity contribution is 5.89. The number of carbonyl (C=O) groups excluding carboxylic acids is 3. The second-order valence-electron chi connectivity index (χ2n) is 13.1. The molecule has 6 atom stereocenters. The van der Waals surface area contributed by atoms with Crippen LogP contribution in [0.15, 0.2) is 18.2 Å². The third-order valence-corrected chi connectivity index (χ3v) is 8.98. The van der Waals surface area contributed by atoms with E-state index in [1.54, 1.807) is 7.11 Å². The second kappa shape index (κ2) is 11.1. The van der Waals surface area contributed by atoms with Crippen molar-refractivity contribution in [3.63, 3.8) is 0 Å². The largest absolute Gasteiger partial charge is 0.497 e. The van der Waals surface area contributed by atoms with E-state index in [-0.39, 0.29) is 18.4 Å². The average Bonchev–Trinajstić information content (AvgIpc) is 3.44. The van der Waals surface area contributed by atoms with Gasteiger partial charge in [-0.2, -0.15) is 0 Å². The summed E-state index contributed by atoms with van der Waals surface area (Å²) in [5.74, 6) is 0.757. The standard InChI is InChI=1S/C31H42N4O6/c1-18-24(17-36)35-16-25(18)40-27-22(32-21-13-12-20(39-6)14-23(21)33-27)11-9-7-8-10-19-15-31(19,5)41-29(38)34-26(28(35)37)30(2,3)4/h12-14,17-19,24-26H,7-11,15-16H2,1-6H3,(H,34,38)/t18-,19+,24+,25-,26+,31+/m0/s1. The van der Waals surface area contributed by atoms with Gasteiger partial charge < -0.3 is 29.2 Å². The molecule has 0 unspecified atom stereocenters. The number of aldehydes is 1. The summed E-state index contributed by atoms with van der Waals surface area (Å²) in [4.78, 5) is 50.6. The number of benzene rings is 1. The molecule has 10 heteroatoms. The number of hydrogen-bond acceptors (Lipinski definition) is 8. The van der Waals surface area contributed by atoms with Gasteiger partial charge in [0.1, 0.15) is 35.5 Å². The van der Waals surface area contributed by atoms with E-state index in [1.807, 2.05) is 52.8 Å². The lowest BCUT2D eigenvalue weighted by Gasteiger charge is -2.34. The number of nitrogens with one attached hydrogen (secondary N) is 1. The van der Waals surface area contributed by atoms with Crippen molar-refractivity contribution in [2.24, 2.45) is 17.3 Å². The maximum Gasteiger partial charge on any atom is 0.408 e. The van der Waals surface area contributed by atoms with Gasteiger partial charge in [-0.1, -0.05) is 40.5 Å². The van der Waals surface area contributed by atoms with Crippen LogP contribution in [0.2, 0.25) is 0 Å². The zero-order valence-corrected chi connectivity index (χ0v) is 24.9. The topological polar surface area (TPSA) is 120 Å². The van der Waals surface area contributed by atoms with E-state index in [2.05, 4.69) is 5.32 Å². The SMILES string of the molecule is COc1ccc2nc3c(nc2c1)O[C@H]1CN(C(=O)[C@H](C(C)(C)C)NC(=O)O[C@]2(C)C[C@H]2CCCCC3)[C@H](C=O)[C@@H]1C. The summed E-state index contributed by atoms with van der Waals surface area (Å²) in [7, 11) is 1.61. The van der Waals surface area contributed by atoms with Crippen LogP contribution in [0.4, 0.5) is 4.79 Å². The molecule has 1 aromatic heterocycles. The number of rotatable bonds is 2. The Balaban J connectivity index is 1.50. The predicted molar refractivity (Wildman–Crippen MR) is 153 cm³/mol. The van der Waals surface area contributed by atoms with E-state index in [1.165, 1.54) is 4.90 Å². The molecule has 41 heavy (non-hydrogen) atoms. The number of ether oxygens (including phenoxy) is 3. The monoisotopic (exact) mass is 566 g/mol. The third-order valence-electron chi connectivity index (χ3n) is 8.98.